The summed E-state index contributed by atoms with van der Waals surface area (Å²) in [5, 5.41) is 1.76. The van der Waals surface area contributed by atoms with Crippen molar-refractivity contribution in [3.05, 3.63) is 83.1 Å². The van der Waals surface area contributed by atoms with E-state index >= 15 is 0 Å². The molecular formula is C25H26N2O4S2. The SMILES string of the molecule is Cc1ccccc1N(Cc1nc(-c2ccc(OC(C)C)cc2)oc1C)S(=O)(=O)c1cccs1. The van der Waals surface area contributed by atoms with Crippen LogP contribution in [0.4, 0.5) is 5.69 Å². The fraction of sp³-hybridized carbons (Fsp3) is 0.240. The fourth-order valence-corrected chi connectivity index (χ4v) is 6.04. The average Bonchev–Trinajstić information content (AvgIpc) is 3.44. The van der Waals surface area contributed by atoms with Gasteiger partial charge in [-0.1, -0.05) is 24.3 Å². The molecule has 0 N–H and O–H groups in total. The van der Waals surface area contributed by atoms with Crippen molar-refractivity contribution in [1.82, 2.24) is 4.98 Å². The van der Waals surface area contributed by atoms with Gasteiger partial charge in [0.15, 0.2) is 0 Å². The van der Waals surface area contributed by atoms with Gasteiger partial charge in [-0.25, -0.2) is 13.4 Å². The Balaban J connectivity index is 1.69. The number of rotatable bonds is 8. The fourth-order valence-electron chi connectivity index (χ4n) is 3.44. The predicted octanol–water partition coefficient (Wildman–Crippen LogP) is 6.20. The normalized spacial score (nSPS) is 11.7. The van der Waals surface area contributed by atoms with Gasteiger partial charge in [-0.3, -0.25) is 4.31 Å². The number of benzene rings is 2. The largest absolute Gasteiger partial charge is 0.491 e. The Kier molecular flexibility index (Phi) is 6.58. The third-order valence-electron chi connectivity index (χ3n) is 5.08. The van der Waals surface area contributed by atoms with Gasteiger partial charge in [0.1, 0.15) is 21.4 Å². The standard InChI is InChI=1S/C25H26N2O4S2/c1-17(2)30-21-13-11-20(12-14-21)25-26-22(19(4)31-25)16-27(23-9-6-5-8-18(23)3)33(28,29)24-10-7-15-32-24/h5-15,17H,16H2,1-4H3. The summed E-state index contributed by atoms with van der Waals surface area (Å²) < 4.78 is 40.4. The number of aromatic nitrogens is 1. The van der Waals surface area contributed by atoms with Gasteiger partial charge in [-0.05, 0) is 75.0 Å². The van der Waals surface area contributed by atoms with Crippen molar-refractivity contribution in [1.29, 1.82) is 0 Å². The summed E-state index contributed by atoms with van der Waals surface area (Å²) in [6.07, 6.45) is 0.0872. The molecule has 2 aromatic carbocycles. The second-order valence-electron chi connectivity index (χ2n) is 7.94. The average molecular weight is 483 g/mol. The molecule has 0 spiro atoms. The first-order valence-electron chi connectivity index (χ1n) is 10.6. The molecule has 2 aromatic heterocycles. The second kappa shape index (κ2) is 9.41. The van der Waals surface area contributed by atoms with Gasteiger partial charge < -0.3 is 9.15 Å². The quantitative estimate of drug-likeness (QED) is 0.299. The molecule has 172 valence electrons. The first-order chi connectivity index (χ1) is 15.8. The number of anilines is 1. The monoisotopic (exact) mass is 482 g/mol. The van der Waals surface area contributed by atoms with Crippen LogP contribution in [0.2, 0.25) is 0 Å². The molecule has 2 heterocycles. The minimum Gasteiger partial charge on any atom is -0.491 e. The van der Waals surface area contributed by atoms with Crippen LogP contribution < -0.4 is 9.04 Å². The van der Waals surface area contributed by atoms with E-state index in [0.717, 1.165) is 16.9 Å². The van der Waals surface area contributed by atoms with Crippen LogP contribution in [0.15, 0.2) is 74.7 Å². The van der Waals surface area contributed by atoms with Gasteiger partial charge >= 0.3 is 0 Å². The van der Waals surface area contributed by atoms with E-state index in [2.05, 4.69) is 4.98 Å². The van der Waals surface area contributed by atoms with Crippen molar-refractivity contribution >= 4 is 27.0 Å². The highest BCUT2D eigenvalue weighted by Gasteiger charge is 2.29. The third kappa shape index (κ3) is 4.96. The maximum Gasteiger partial charge on any atom is 0.274 e. The summed E-state index contributed by atoms with van der Waals surface area (Å²) in [6.45, 7) is 7.71. The van der Waals surface area contributed by atoms with Crippen LogP contribution in [0, 0.1) is 13.8 Å². The highest BCUT2D eigenvalue weighted by atomic mass is 32.2. The summed E-state index contributed by atoms with van der Waals surface area (Å²) in [5.74, 6) is 1.79. The lowest BCUT2D eigenvalue weighted by molar-refractivity contribution is 0.242. The van der Waals surface area contributed by atoms with Crippen molar-refractivity contribution in [2.75, 3.05) is 4.31 Å². The molecule has 4 aromatic rings. The number of sulfonamides is 1. The van der Waals surface area contributed by atoms with E-state index in [0.29, 0.717) is 23.0 Å². The summed E-state index contributed by atoms with van der Waals surface area (Å²) in [5.41, 5.74) is 2.84. The predicted molar refractivity (Wildman–Crippen MR) is 131 cm³/mol. The highest BCUT2D eigenvalue weighted by molar-refractivity contribution is 7.94. The molecule has 0 saturated carbocycles. The Labute approximate surface area is 198 Å². The molecule has 0 atom stereocenters. The minimum absolute atomic E-state index is 0.0644. The van der Waals surface area contributed by atoms with Gasteiger partial charge in [-0.2, -0.15) is 0 Å². The number of nitrogens with zero attached hydrogens (tertiary/aromatic N) is 2. The van der Waals surface area contributed by atoms with Crippen LogP contribution in [-0.2, 0) is 16.6 Å². The van der Waals surface area contributed by atoms with Crippen LogP contribution in [0.3, 0.4) is 0 Å². The molecule has 0 radical (unpaired) electrons. The Bertz CT molecular complexity index is 1330. The van der Waals surface area contributed by atoms with Crippen LogP contribution in [0.25, 0.3) is 11.5 Å². The lowest BCUT2D eigenvalue weighted by Crippen LogP contribution is -2.31. The van der Waals surface area contributed by atoms with Crippen LogP contribution in [-0.4, -0.2) is 19.5 Å². The molecule has 0 aliphatic carbocycles. The van der Waals surface area contributed by atoms with Crippen molar-refractivity contribution in [3.8, 4) is 17.2 Å². The zero-order valence-electron chi connectivity index (χ0n) is 19.0. The molecule has 0 amide bonds. The number of aryl methyl sites for hydroxylation is 2. The number of oxazole rings is 1. The van der Waals surface area contributed by atoms with E-state index in [1.54, 1.807) is 24.4 Å². The first-order valence-corrected chi connectivity index (χ1v) is 12.9. The number of hydrogen-bond acceptors (Lipinski definition) is 6. The maximum atomic E-state index is 13.5. The van der Waals surface area contributed by atoms with Crippen LogP contribution in [0.1, 0.15) is 30.9 Å². The van der Waals surface area contributed by atoms with E-state index < -0.39 is 10.0 Å². The molecule has 0 unspecified atom stereocenters. The summed E-state index contributed by atoms with van der Waals surface area (Å²) >= 11 is 1.20. The second-order valence-corrected chi connectivity index (χ2v) is 11.0. The number of hydrogen-bond donors (Lipinski definition) is 0. The van der Waals surface area contributed by atoms with Crippen molar-refractivity contribution in [3.63, 3.8) is 0 Å². The lowest BCUT2D eigenvalue weighted by Gasteiger charge is -2.24. The van der Waals surface area contributed by atoms with Crippen molar-refractivity contribution in [2.45, 2.75) is 44.6 Å². The van der Waals surface area contributed by atoms with Crippen LogP contribution in [0.5, 0.6) is 5.75 Å². The van der Waals surface area contributed by atoms with Gasteiger partial charge in [-0.15, -0.1) is 11.3 Å². The third-order valence-corrected chi connectivity index (χ3v) is 8.22. The van der Waals surface area contributed by atoms with Gasteiger partial charge in [0.05, 0.1) is 18.3 Å². The first kappa shape index (κ1) is 23.1. The van der Waals surface area contributed by atoms with Crippen LogP contribution >= 0.6 is 11.3 Å². The molecule has 0 saturated heterocycles. The Morgan fingerprint density at radius 2 is 1.76 bits per heavy atom. The Morgan fingerprint density at radius 1 is 1.03 bits per heavy atom. The number of thiophene rings is 1. The topological polar surface area (TPSA) is 72.6 Å². The summed E-state index contributed by atoms with van der Waals surface area (Å²) in [7, 11) is -3.77. The Morgan fingerprint density at radius 3 is 2.39 bits per heavy atom. The van der Waals surface area contributed by atoms with E-state index in [4.69, 9.17) is 9.15 Å². The van der Waals surface area contributed by atoms with Gasteiger partial charge in [0, 0.05) is 5.56 Å². The van der Waals surface area contributed by atoms with Crippen molar-refractivity contribution < 1.29 is 17.6 Å². The molecule has 8 heteroatoms. The molecule has 33 heavy (non-hydrogen) atoms. The van der Waals surface area contributed by atoms with E-state index in [9.17, 15) is 8.42 Å². The zero-order chi connectivity index (χ0) is 23.6. The molecule has 0 fully saturated rings. The molecule has 0 aliphatic heterocycles. The number of para-hydroxylation sites is 1. The van der Waals surface area contributed by atoms with E-state index in [1.807, 2.05) is 69.3 Å². The van der Waals surface area contributed by atoms with Crippen molar-refractivity contribution in [2.24, 2.45) is 0 Å². The molecule has 0 aliphatic rings. The van der Waals surface area contributed by atoms with Gasteiger partial charge in [0.25, 0.3) is 10.0 Å². The minimum atomic E-state index is -3.77. The molecular weight excluding hydrogens is 456 g/mol. The molecule has 4 rings (SSSR count). The maximum absolute atomic E-state index is 13.5. The molecule has 0 bridgehead atoms. The smallest absolute Gasteiger partial charge is 0.274 e. The summed E-state index contributed by atoms with van der Waals surface area (Å²) in [4.78, 5) is 4.65. The summed E-state index contributed by atoms with van der Waals surface area (Å²) in [6, 6.07) is 18.3. The van der Waals surface area contributed by atoms with E-state index in [1.165, 1.54) is 15.6 Å². The Hall–Kier alpha value is -3.10. The van der Waals surface area contributed by atoms with E-state index in [-0.39, 0.29) is 16.9 Å². The van der Waals surface area contributed by atoms with Gasteiger partial charge in [0.2, 0.25) is 5.89 Å². The highest BCUT2D eigenvalue weighted by Crippen LogP contribution is 2.32. The zero-order valence-corrected chi connectivity index (χ0v) is 20.6. The number of ether oxygens (including phenoxy) is 1. The molecule has 6 nitrogen and oxygen atoms in total. The lowest BCUT2D eigenvalue weighted by atomic mass is 10.2.